The minimum absolute atomic E-state index is 0.0245. The average Bonchev–Trinajstić information content (AvgIpc) is 3.25. The molecule has 1 saturated carbocycles. The number of halogens is 1. The molecule has 1 aliphatic heterocycles. The van der Waals surface area contributed by atoms with Crippen molar-refractivity contribution in [3.05, 3.63) is 126 Å². The van der Waals surface area contributed by atoms with Gasteiger partial charge in [-0.05, 0) is 123 Å². The number of aliphatic hydroxyl groups excluding tert-OH is 2. The van der Waals surface area contributed by atoms with E-state index in [9.17, 15) is 19.4 Å². The molecule has 1 amide bonds. The number of ether oxygens (including phenoxy) is 4. The number of benzene rings is 4. The van der Waals surface area contributed by atoms with E-state index in [1.807, 2.05) is 63.2 Å². The summed E-state index contributed by atoms with van der Waals surface area (Å²) in [6, 6.07) is 25.3. The first-order valence-corrected chi connectivity index (χ1v) is 21.5. The molecule has 3 aliphatic rings. The molecule has 1 heterocycles. The predicted octanol–water partition coefficient (Wildman–Crippen LogP) is 10.5. The van der Waals surface area contributed by atoms with Crippen molar-refractivity contribution in [2.24, 2.45) is 22.9 Å². The number of hydrogen-bond donors (Lipinski definition) is 2. The molecule has 0 saturated heterocycles. The number of unbranched alkanes of at least 4 members (excludes halogenated alkanes) is 2. The molecular formula is C50H59FN2O8. The van der Waals surface area contributed by atoms with E-state index in [1.54, 1.807) is 23.1 Å². The molecule has 4 aromatic carbocycles. The molecular weight excluding hydrogens is 776 g/mol. The molecule has 324 valence electrons. The van der Waals surface area contributed by atoms with E-state index in [2.05, 4.69) is 30.9 Å². The van der Waals surface area contributed by atoms with Gasteiger partial charge in [-0.15, -0.1) is 6.58 Å². The SMILES string of the molecule is C=CCOC12Oc3ccc(Oc4ccc5ccccc5c4)cc3C3C(CCCCO)C(CCCCO)C=C(C(=NOC(C)(C)C)CC1N(Cc1ccc(F)cc1)C(=O)OC)C32. The number of nitrogens with zero attached hydrogens (tertiary/aromatic N) is 2. The monoisotopic (exact) mass is 834 g/mol. The third kappa shape index (κ3) is 9.64. The smallest absolute Gasteiger partial charge is 0.410 e. The number of hydrogen-bond acceptors (Lipinski definition) is 9. The zero-order valence-corrected chi connectivity index (χ0v) is 35.7. The molecule has 61 heavy (non-hydrogen) atoms. The Kier molecular flexibility index (Phi) is 13.8. The molecule has 1 fully saturated rings. The zero-order valence-electron chi connectivity index (χ0n) is 35.7. The number of fused-ring (bicyclic) bond motifs is 3. The van der Waals surface area contributed by atoms with Crippen LogP contribution in [-0.4, -0.2) is 71.3 Å². The van der Waals surface area contributed by atoms with Crippen molar-refractivity contribution in [1.29, 1.82) is 0 Å². The van der Waals surface area contributed by atoms with Crippen LogP contribution in [0.4, 0.5) is 9.18 Å². The van der Waals surface area contributed by atoms with Crippen LogP contribution in [0.15, 0.2) is 114 Å². The highest BCUT2D eigenvalue weighted by atomic mass is 19.1. The summed E-state index contributed by atoms with van der Waals surface area (Å²) in [6.07, 6.45) is 8.07. The summed E-state index contributed by atoms with van der Waals surface area (Å²) in [7, 11) is 1.34. The summed E-state index contributed by atoms with van der Waals surface area (Å²) >= 11 is 0. The van der Waals surface area contributed by atoms with E-state index < -0.39 is 29.4 Å². The van der Waals surface area contributed by atoms with Crippen molar-refractivity contribution >= 4 is 22.6 Å². The first-order chi connectivity index (χ1) is 29.5. The molecule has 0 spiro atoms. The van der Waals surface area contributed by atoms with Crippen LogP contribution in [0.1, 0.15) is 82.8 Å². The largest absolute Gasteiger partial charge is 0.459 e. The fourth-order valence-electron chi connectivity index (χ4n) is 9.48. The Labute approximate surface area is 358 Å². The Morgan fingerprint density at radius 1 is 0.951 bits per heavy atom. The maximum atomic E-state index is 14.2. The van der Waals surface area contributed by atoms with Crippen molar-refractivity contribution in [2.75, 3.05) is 26.9 Å². The lowest BCUT2D eigenvalue weighted by atomic mass is 9.55. The fraction of sp³-hybridized carbons (Fsp3) is 0.440. The summed E-state index contributed by atoms with van der Waals surface area (Å²) in [5, 5.41) is 26.9. The molecule has 6 unspecified atom stereocenters. The van der Waals surface area contributed by atoms with Crippen LogP contribution in [0.25, 0.3) is 10.8 Å². The van der Waals surface area contributed by atoms with Crippen molar-refractivity contribution in [3.63, 3.8) is 0 Å². The summed E-state index contributed by atoms with van der Waals surface area (Å²) in [5.74, 6) is -0.624. The van der Waals surface area contributed by atoms with Gasteiger partial charge >= 0.3 is 6.09 Å². The third-order valence-corrected chi connectivity index (χ3v) is 12.1. The van der Waals surface area contributed by atoms with Crippen LogP contribution >= 0.6 is 0 Å². The number of methoxy groups -OCH3 is 1. The number of oxime groups is 1. The number of allylic oxidation sites excluding steroid dienone is 1. The Morgan fingerprint density at radius 3 is 2.36 bits per heavy atom. The van der Waals surface area contributed by atoms with Crippen molar-refractivity contribution in [2.45, 2.75) is 95.6 Å². The summed E-state index contributed by atoms with van der Waals surface area (Å²) in [6.45, 7) is 10.2. The van der Waals surface area contributed by atoms with Gasteiger partial charge in [0.15, 0.2) is 0 Å². The van der Waals surface area contributed by atoms with Crippen molar-refractivity contribution in [1.82, 2.24) is 4.90 Å². The molecule has 4 aromatic rings. The second-order valence-corrected chi connectivity index (χ2v) is 17.3. The van der Waals surface area contributed by atoms with Gasteiger partial charge in [0.25, 0.3) is 0 Å². The quantitative estimate of drug-likeness (QED) is 0.0613. The summed E-state index contributed by atoms with van der Waals surface area (Å²) < 4.78 is 40.7. The molecule has 0 bridgehead atoms. The van der Waals surface area contributed by atoms with Crippen LogP contribution in [-0.2, 0) is 20.9 Å². The molecule has 6 atom stereocenters. The zero-order chi connectivity index (χ0) is 43.1. The highest BCUT2D eigenvalue weighted by Gasteiger charge is 2.65. The van der Waals surface area contributed by atoms with E-state index in [0.717, 1.165) is 47.6 Å². The lowest BCUT2D eigenvalue weighted by Gasteiger charge is -2.59. The fourth-order valence-corrected chi connectivity index (χ4v) is 9.48. The standard InChI is InChI=1S/C50H59FN2O8/c1-6-27-58-50-45(53(48(56)57-5)32-33-17-20-37(51)21-18-33)31-43(52-61-49(2,3)4)41-29-36(15-9-11-25-54)40(16-10-12-26-55)46(47(41)50)42-30-39(23-24-44(42)60-50)59-38-22-19-34-13-7-8-14-35(34)28-38/h6-8,13-14,17-24,28-30,36,40,45-47,54-55H,1,9-12,15-16,25-27,31-32H2,2-5H3. The number of aliphatic hydroxyl groups is 2. The summed E-state index contributed by atoms with van der Waals surface area (Å²) in [4.78, 5) is 22.0. The van der Waals surface area contributed by atoms with Gasteiger partial charge in [0.2, 0.25) is 5.79 Å². The molecule has 0 aromatic heterocycles. The minimum Gasteiger partial charge on any atom is -0.459 e. The highest BCUT2D eigenvalue weighted by Crippen LogP contribution is 2.62. The Bertz CT molecular complexity index is 2220. The minimum atomic E-state index is -1.49. The lowest BCUT2D eigenvalue weighted by molar-refractivity contribution is -0.256. The topological polar surface area (TPSA) is 119 Å². The van der Waals surface area contributed by atoms with E-state index in [1.165, 1.54) is 19.2 Å². The maximum Gasteiger partial charge on any atom is 0.410 e. The van der Waals surface area contributed by atoms with Gasteiger partial charge in [0.05, 0.1) is 25.3 Å². The molecule has 2 aliphatic carbocycles. The van der Waals surface area contributed by atoms with Crippen LogP contribution < -0.4 is 9.47 Å². The number of rotatable bonds is 17. The second kappa shape index (κ2) is 19.2. The van der Waals surface area contributed by atoms with E-state index in [0.29, 0.717) is 41.4 Å². The Morgan fingerprint density at radius 2 is 1.66 bits per heavy atom. The third-order valence-electron chi connectivity index (χ3n) is 12.1. The van der Waals surface area contributed by atoms with Gasteiger partial charge in [-0.1, -0.05) is 72.6 Å². The Hall–Kier alpha value is -5.23. The van der Waals surface area contributed by atoms with Gasteiger partial charge in [0.1, 0.15) is 34.7 Å². The molecule has 7 rings (SSSR count). The van der Waals surface area contributed by atoms with E-state index in [-0.39, 0.29) is 56.4 Å². The van der Waals surface area contributed by atoms with E-state index >= 15 is 0 Å². The highest BCUT2D eigenvalue weighted by molar-refractivity contribution is 6.03. The first-order valence-electron chi connectivity index (χ1n) is 21.5. The van der Waals surface area contributed by atoms with Gasteiger partial charge in [-0.3, -0.25) is 4.90 Å². The van der Waals surface area contributed by atoms with E-state index in [4.69, 9.17) is 28.9 Å². The van der Waals surface area contributed by atoms with Crippen LogP contribution in [0, 0.1) is 23.6 Å². The van der Waals surface area contributed by atoms with Gasteiger partial charge in [-0.2, -0.15) is 0 Å². The van der Waals surface area contributed by atoms with Gasteiger partial charge < -0.3 is 34.0 Å². The van der Waals surface area contributed by atoms with Crippen LogP contribution in [0.3, 0.4) is 0 Å². The number of carbonyl (C=O) groups excluding carboxylic acids is 1. The number of carbonyl (C=O) groups is 1. The lowest BCUT2D eigenvalue weighted by Crippen LogP contribution is -2.70. The average molecular weight is 835 g/mol. The van der Waals surface area contributed by atoms with Gasteiger partial charge in [-0.25, -0.2) is 9.18 Å². The first kappa shape index (κ1) is 43.8. The molecule has 10 nitrogen and oxygen atoms in total. The number of amides is 1. The summed E-state index contributed by atoms with van der Waals surface area (Å²) in [5.41, 5.74) is 2.58. The normalized spacial score (nSPS) is 23.6. The van der Waals surface area contributed by atoms with Crippen molar-refractivity contribution in [3.8, 4) is 17.2 Å². The predicted molar refractivity (Wildman–Crippen MR) is 234 cm³/mol. The molecule has 2 N–H and O–H groups in total. The van der Waals surface area contributed by atoms with Crippen LogP contribution in [0.5, 0.6) is 17.2 Å². The van der Waals surface area contributed by atoms with Crippen LogP contribution in [0.2, 0.25) is 0 Å². The Balaban J connectivity index is 1.45. The van der Waals surface area contributed by atoms with Gasteiger partial charge in [0, 0.05) is 37.7 Å². The molecule has 11 heteroatoms. The molecule has 0 radical (unpaired) electrons. The maximum absolute atomic E-state index is 14.2. The van der Waals surface area contributed by atoms with Crippen molar-refractivity contribution < 1.29 is 43.2 Å². The second-order valence-electron chi connectivity index (χ2n) is 17.3.